The number of carbonyl (C=O) groups excluding carboxylic acids is 2. The van der Waals surface area contributed by atoms with E-state index in [4.69, 9.17) is 25.8 Å². The average molecular weight is 433 g/mol. The fraction of sp³-hybridized carbons (Fsp3) is 0.273. The van der Waals surface area contributed by atoms with Crippen molar-refractivity contribution in [3.63, 3.8) is 0 Å². The van der Waals surface area contributed by atoms with Crippen molar-refractivity contribution in [1.29, 1.82) is 0 Å². The molecule has 160 valence electrons. The highest BCUT2D eigenvalue weighted by atomic mass is 35.5. The predicted octanol–water partition coefficient (Wildman–Crippen LogP) is 4.37. The normalized spacial score (nSPS) is 10.7. The minimum Gasteiger partial charge on any atom is -0.493 e. The summed E-state index contributed by atoms with van der Waals surface area (Å²) in [6.07, 6.45) is 3.88. The van der Waals surface area contributed by atoms with Crippen LogP contribution in [0, 0.1) is 0 Å². The Hall–Kier alpha value is -3.03. The highest BCUT2D eigenvalue weighted by molar-refractivity contribution is 6.32. The van der Waals surface area contributed by atoms with Gasteiger partial charge in [-0.25, -0.2) is 0 Å². The number of benzene rings is 2. The highest BCUT2D eigenvalue weighted by Gasteiger charge is 2.11. The van der Waals surface area contributed by atoms with Crippen LogP contribution in [0.5, 0.6) is 11.5 Å². The van der Waals surface area contributed by atoms with E-state index in [2.05, 4.69) is 10.6 Å². The molecule has 0 radical (unpaired) electrons. The number of nitrogens with one attached hydrogen (secondary N) is 2. The van der Waals surface area contributed by atoms with Crippen LogP contribution in [0.3, 0.4) is 0 Å². The van der Waals surface area contributed by atoms with Gasteiger partial charge in [0.1, 0.15) is 6.61 Å². The lowest BCUT2D eigenvalue weighted by molar-refractivity contribution is -0.119. The van der Waals surface area contributed by atoms with E-state index in [-0.39, 0.29) is 18.4 Å². The van der Waals surface area contributed by atoms with E-state index in [1.54, 1.807) is 42.5 Å². The first kappa shape index (κ1) is 23.3. The number of carbonyl (C=O) groups is 2. The Morgan fingerprint density at radius 1 is 1.07 bits per heavy atom. The van der Waals surface area contributed by atoms with Crippen LogP contribution in [0.2, 0.25) is 5.02 Å². The van der Waals surface area contributed by atoms with Crippen LogP contribution >= 0.6 is 11.6 Å². The van der Waals surface area contributed by atoms with Gasteiger partial charge in [-0.1, -0.05) is 18.5 Å². The predicted molar refractivity (Wildman–Crippen MR) is 118 cm³/mol. The van der Waals surface area contributed by atoms with Crippen LogP contribution in [-0.4, -0.2) is 39.2 Å². The average Bonchev–Trinajstić information content (AvgIpc) is 2.72. The SMILES string of the molecule is CCCOc1c(Cl)cc(/C=C/C(=O)Nc2ccc(NC(=O)COC)cc2)cc1OC. The summed E-state index contributed by atoms with van der Waals surface area (Å²) in [4.78, 5) is 23.7. The molecule has 0 saturated carbocycles. The Bertz CT molecular complexity index is 897. The second kappa shape index (κ2) is 11.8. The van der Waals surface area contributed by atoms with Crippen molar-refractivity contribution in [3.05, 3.63) is 53.1 Å². The molecule has 0 atom stereocenters. The van der Waals surface area contributed by atoms with Gasteiger partial charge in [0.15, 0.2) is 11.5 Å². The summed E-state index contributed by atoms with van der Waals surface area (Å²) in [5, 5.41) is 5.84. The number of rotatable bonds is 10. The van der Waals surface area contributed by atoms with Gasteiger partial charge < -0.3 is 24.8 Å². The first-order chi connectivity index (χ1) is 14.5. The molecule has 2 aromatic rings. The lowest BCUT2D eigenvalue weighted by Gasteiger charge is -2.12. The third-order valence-corrected chi connectivity index (χ3v) is 4.12. The van der Waals surface area contributed by atoms with Crippen molar-refractivity contribution in [2.24, 2.45) is 0 Å². The number of methoxy groups -OCH3 is 2. The Labute approximate surface area is 181 Å². The lowest BCUT2D eigenvalue weighted by atomic mass is 10.2. The van der Waals surface area contributed by atoms with Crippen LogP contribution in [0.4, 0.5) is 11.4 Å². The molecule has 2 amide bonds. The van der Waals surface area contributed by atoms with E-state index in [1.165, 1.54) is 20.3 Å². The monoisotopic (exact) mass is 432 g/mol. The molecule has 30 heavy (non-hydrogen) atoms. The topological polar surface area (TPSA) is 85.9 Å². The number of amides is 2. The zero-order chi connectivity index (χ0) is 21.9. The third-order valence-electron chi connectivity index (χ3n) is 3.84. The smallest absolute Gasteiger partial charge is 0.250 e. The van der Waals surface area contributed by atoms with Crippen molar-refractivity contribution in [2.75, 3.05) is 38.1 Å². The summed E-state index contributed by atoms with van der Waals surface area (Å²) in [6.45, 7) is 2.51. The summed E-state index contributed by atoms with van der Waals surface area (Å²) >= 11 is 6.29. The van der Waals surface area contributed by atoms with Gasteiger partial charge in [-0.3, -0.25) is 9.59 Å². The first-order valence-electron chi connectivity index (χ1n) is 9.35. The van der Waals surface area contributed by atoms with E-state index in [9.17, 15) is 9.59 Å². The highest BCUT2D eigenvalue weighted by Crippen LogP contribution is 2.36. The second-order valence-corrected chi connectivity index (χ2v) is 6.67. The maximum Gasteiger partial charge on any atom is 0.250 e. The molecule has 0 aliphatic rings. The Kier molecular flexibility index (Phi) is 9.18. The van der Waals surface area contributed by atoms with Crippen LogP contribution in [-0.2, 0) is 14.3 Å². The van der Waals surface area contributed by atoms with E-state index in [0.29, 0.717) is 40.1 Å². The maximum absolute atomic E-state index is 12.2. The number of hydrogen-bond donors (Lipinski definition) is 2. The summed E-state index contributed by atoms with van der Waals surface area (Å²) in [6, 6.07) is 10.2. The third kappa shape index (κ3) is 7.09. The molecule has 0 fully saturated rings. The molecule has 0 unspecified atom stereocenters. The number of anilines is 2. The minimum absolute atomic E-state index is 0.0240. The van der Waals surface area contributed by atoms with Crippen molar-refractivity contribution in [1.82, 2.24) is 0 Å². The van der Waals surface area contributed by atoms with Gasteiger partial charge in [0, 0.05) is 24.6 Å². The minimum atomic E-state index is -0.312. The van der Waals surface area contributed by atoms with Gasteiger partial charge in [0.2, 0.25) is 11.8 Å². The molecule has 2 aromatic carbocycles. The largest absolute Gasteiger partial charge is 0.493 e. The Morgan fingerprint density at radius 2 is 1.73 bits per heavy atom. The van der Waals surface area contributed by atoms with E-state index >= 15 is 0 Å². The molecular formula is C22H25ClN2O5. The van der Waals surface area contributed by atoms with Crippen LogP contribution in [0.25, 0.3) is 6.08 Å². The Morgan fingerprint density at radius 3 is 2.33 bits per heavy atom. The summed E-state index contributed by atoms with van der Waals surface area (Å²) < 4.78 is 15.7. The zero-order valence-electron chi connectivity index (χ0n) is 17.2. The molecule has 2 N–H and O–H groups in total. The van der Waals surface area contributed by atoms with Crippen molar-refractivity contribution < 1.29 is 23.8 Å². The molecule has 8 heteroatoms. The molecule has 2 rings (SSSR count). The fourth-order valence-electron chi connectivity index (χ4n) is 2.50. The molecular weight excluding hydrogens is 408 g/mol. The summed E-state index contributed by atoms with van der Waals surface area (Å²) in [5.41, 5.74) is 1.90. The number of hydrogen-bond acceptors (Lipinski definition) is 5. The lowest BCUT2D eigenvalue weighted by Crippen LogP contribution is -2.17. The van der Waals surface area contributed by atoms with Gasteiger partial charge >= 0.3 is 0 Å². The molecule has 0 aromatic heterocycles. The van der Waals surface area contributed by atoms with Crippen molar-refractivity contribution >= 4 is 40.9 Å². The van der Waals surface area contributed by atoms with E-state index < -0.39 is 0 Å². The number of ether oxygens (including phenoxy) is 3. The van der Waals surface area contributed by atoms with Crippen molar-refractivity contribution in [2.45, 2.75) is 13.3 Å². The van der Waals surface area contributed by atoms with Crippen LogP contribution < -0.4 is 20.1 Å². The maximum atomic E-state index is 12.2. The van der Waals surface area contributed by atoms with Crippen LogP contribution in [0.15, 0.2) is 42.5 Å². The van der Waals surface area contributed by atoms with Crippen molar-refractivity contribution in [3.8, 4) is 11.5 Å². The molecule has 7 nitrogen and oxygen atoms in total. The van der Waals surface area contributed by atoms with Gasteiger partial charge in [0.25, 0.3) is 0 Å². The molecule has 0 bridgehead atoms. The second-order valence-electron chi connectivity index (χ2n) is 6.26. The molecule has 0 aliphatic carbocycles. The number of halogens is 1. The van der Waals surface area contributed by atoms with Gasteiger partial charge in [-0.2, -0.15) is 0 Å². The van der Waals surface area contributed by atoms with Gasteiger partial charge in [-0.05, 0) is 54.5 Å². The summed E-state index contributed by atoms with van der Waals surface area (Å²) in [5.74, 6) is 0.424. The first-order valence-corrected chi connectivity index (χ1v) is 9.72. The zero-order valence-corrected chi connectivity index (χ0v) is 17.9. The standard InChI is InChI=1S/C22H25ClN2O5/c1-4-11-30-22-18(23)12-15(13-19(22)29-3)5-10-20(26)24-16-6-8-17(9-7-16)25-21(27)14-28-2/h5-10,12-13H,4,11,14H2,1-3H3,(H,24,26)(H,25,27)/b10-5+. The molecule has 0 heterocycles. The molecule has 0 aliphatic heterocycles. The molecule has 0 saturated heterocycles. The van der Waals surface area contributed by atoms with E-state index in [0.717, 1.165) is 6.42 Å². The van der Waals surface area contributed by atoms with Crippen LogP contribution in [0.1, 0.15) is 18.9 Å². The van der Waals surface area contributed by atoms with Gasteiger partial charge in [0.05, 0.1) is 18.7 Å². The van der Waals surface area contributed by atoms with Gasteiger partial charge in [-0.15, -0.1) is 0 Å². The quantitative estimate of drug-likeness (QED) is 0.544. The summed E-state index contributed by atoms with van der Waals surface area (Å²) in [7, 11) is 2.98. The Balaban J connectivity index is 2.00. The fourth-order valence-corrected chi connectivity index (χ4v) is 2.77. The molecule has 0 spiro atoms. The van der Waals surface area contributed by atoms with E-state index in [1.807, 2.05) is 6.92 Å².